The van der Waals surface area contributed by atoms with E-state index in [9.17, 15) is 8.78 Å². The van der Waals surface area contributed by atoms with E-state index in [2.05, 4.69) is 14.9 Å². The second kappa shape index (κ2) is 9.71. The molecule has 0 spiro atoms. The number of nitrogens with two attached hydrogens (primary N) is 2. The third-order valence-electron chi connectivity index (χ3n) is 4.48. The third kappa shape index (κ3) is 5.68. The van der Waals surface area contributed by atoms with Crippen LogP contribution in [0.1, 0.15) is 31.3 Å². The van der Waals surface area contributed by atoms with Crippen LogP contribution < -0.4 is 26.2 Å². The molecule has 0 aliphatic carbocycles. The maximum Gasteiger partial charge on any atom is 0.318 e. The van der Waals surface area contributed by atoms with Crippen molar-refractivity contribution in [3.05, 3.63) is 52.9 Å². The Morgan fingerprint density at radius 2 is 2.03 bits per heavy atom. The van der Waals surface area contributed by atoms with Crippen molar-refractivity contribution in [3.63, 3.8) is 0 Å². The molecule has 1 aliphatic heterocycles. The summed E-state index contributed by atoms with van der Waals surface area (Å²) < 4.78 is 31.5. The Balaban J connectivity index is 1.62. The van der Waals surface area contributed by atoms with Gasteiger partial charge in [-0.25, -0.2) is 19.6 Å². The van der Waals surface area contributed by atoms with E-state index in [4.69, 9.17) is 27.9 Å². The van der Waals surface area contributed by atoms with E-state index in [1.54, 1.807) is 6.20 Å². The van der Waals surface area contributed by atoms with Crippen LogP contribution in [-0.2, 0) is 0 Å². The summed E-state index contributed by atoms with van der Waals surface area (Å²) in [4.78, 5) is 10.7. The molecule has 0 radical (unpaired) electrons. The van der Waals surface area contributed by atoms with E-state index in [1.165, 1.54) is 30.8 Å². The van der Waals surface area contributed by atoms with Gasteiger partial charge in [-0.05, 0) is 43.5 Å². The molecule has 1 aromatic heterocycles. The fourth-order valence-electron chi connectivity index (χ4n) is 3.00. The first-order valence-electron chi connectivity index (χ1n) is 9.22. The lowest BCUT2D eigenvalue weighted by Gasteiger charge is -2.27. The number of halogens is 3. The van der Waals surface area contributed by atoms with Crippen molar-refractivity contribution in [1.29, 1.82) is 0 Å². The second-order valence-electron chi connectivity index (χ2n) is 6.65. The molecule has 0 saturated carbocycles. The Morgan fingerprint density at radius 3 is 2.76 bits per heavy atom. The molecule has 4 N–H and O–H groups in total. The largest absolute Gasteiger partial charge is 0.457 e. The molecule has 1 saturated heterocycles. The normalized spacial score (nSPS) is 14.9. The lowest BCUT2D eigenvalue weighted by Crippen LogP contribution is -2.30. The van der Waals surface area contributed by atoms with Crippen LogP contribution in [0.5, 0.6) is 6.01 Å². The van der Waals surface area contributed by atoms with Gasteiger partial charge in [0.2, 0.25) is 0 Å². The van der Waals surface area contributed by atoms with E-state index < -0.39 is 6.43 Å². The van der Waals surface area contributed by atoms with E-state index in [1.807, 2.05) is 6.07 Å². The molecule has 1 aliphatic rings. The molecule has 156 valence electrons. The quantitative estimate of drug-likeness (QED) is 0.518. The Labute approximate surface area is 172 Å². The number of hydrogen-bond donors (Lipinski definition) is 2. The zero-order valence-corrected chi connectivity index (χ0v) is 16.5. The van der Waals surface area contributed by atoms with Crippen LogP contribution in [0.25, 0.3) is 0 Å². The standard InChI is InChI=1S/C19H23ClF2N6O/c20-16-5-4-14(10-15(16)18(21)22)28(24)11-13(23)12-29-19-25-7-6-17(26-19)27-8-2-1-3-9-27/h4-7,10-11,18H,1-3,8-9,12,23-24H2/b13-11-. The summed E-state index contributed by atoms with van der Waals surface area (Å²) in [7, 11) is 0. The lowest BCUT2D eigenvalue weighted by molar-refractivity contribution is 0.151. The summed E-state index contributed by atoms with van der Waals surface area (Å²) in [6.07, 6.45) is 3.83. The molecule has 10 heteroatoms. The van der Waals surface area contributed by atoms with Crippen LogP contribution in [0, 0.1) is 0 Å². The van der Waals surface area contributed by atoms with Crippen LogP contribution in [0.15, 0.2) is 42.4 Å². The number of hydrazine groups is 1. The van der Waals surface area contributed by atoms with Crippen molar-refractivity contribution in [2.75, 3.05) is 29.6 Å². The second-order valence-corrected chi connectivity index (χ2v) is 7.06. The van der Waals surface area contributed by atoms with E-state index in [0.717, 1.165) is 36.8 Å². The fourth-order valence-corrected chi connectivity index (χ4v) is 3.20. The van der Waals surface area contributed by atoms with Gasteiger partial charge in [-0.1, -0.05) is 11.6 Å². The van der Waals surface area contributed by atoms with Crippen LogP contribution in [0.2, 0.25) is 5.02 Å². The monoisotopic (exact) mass is 424 g/mol. The summed E-state index contributed by atoms with van der Waals surface area (Å²) in [5, 5.41) is 1.11. The number of hydrogen-bond acceptors (Lipinski definition) is 7. The molecular weight excluding hydrogens is 402 g/mol. The van der Waals surface area contributed by atoms with Gasteiger partial charge < -0.3 is 15.4 Å². The number of benzene rings is 1. The SMILES string of the molecule is N/C(=C\N(N)c1ccc(Cl)c(C(F)F)c1)COc1nccc(N2CCCCC2)n1. The average Bonchev–Trinajstić information content (AvgIpc) is 2.73. The summed E-state index contributed by atoms with van der Waals surface area (Å²) in [6.45, 7) is 1.91. The number of anilines is 2. The Bertz CT molecular complexity index is 860. The molecule has 0 bridgehead atoms. The topological polar surface area (TPSA) is 93.5 Å². The van der Waals surface area contributed by atoms with Crippen LogP contribution in [0.4, 0.5) is 20.3 Å². The highest BCUT2D eigenvalue weighted by atomic mass is 35.5. The van der Waals surface area contributed by atoms with Gasteiger partial charge in [0.1, 0.15) is 12.4 Å². The maximum absolute atomic E-state index is 13.0. The van der Waals surface area contributed by atoms with Gasteiger partial charge in [-0.2, -0.15) is 4.98 Å². The molecule has 1 fully saturated rings. The van der Waals surface area contributed by atoms with Gasteiger partial charge in [0.25, 0.3) is 6.43 Å². The number of aromatic nitrogens is 2. The summed E-state index contributed by atoms with van der Waals surface area (Å²) in [5.74, 6) is 6.72. The number of nitrogens with zero attached hydrogens (tertiary/aromatic N) is 4. The first-order chi connectivity index (χ1) is 13.9. The van der Waals surface area contributed by atoms with Crippen LogP contribution >= 0.6 is 11.6 Å². The molecule has 2 aromatic rings. The minimum Gasteiger partial charge on any atom is -0.457 e. The van der Waals surface area contributed by atoms with Gasteiger partial charge in [-0.3, -0.25) is 5.01 Å². The Kier molecular flexibility index (Phi) is 7.05. The number of ether oxygens (including phenoxy) is 1. The lowest BCUT2D eigenvalue weighted by atomic mass is 10.1. The molecule has 1 aromatic carbocycles. The molecule has 0 atom stereocenters. The summed E-state index contributed by atoms with van der Waals surface area (Å²) in [5.41, 5.74) is 6.23. The minimum atomic E-state index is -2.70. The zero-order valence-electron chi connectivity index (χ0n) is 15.8. The zero-order chi connectivity index (χ0) is 20.8. The van der Waals surface area contributed by atoms with Gasteiger partial charge in [0, 0.05) is 36.1 Å². The highest BCUT2D eigenvalue weighted by Gasteiger charge is 2.15. The average molecular weight is 425 g/mol. The minimum absolute atomic E-state index is 0.00749. The van der Waals surface area contributed by atoms with Crippen molar-refractivity contribution < 1.29 is 13.5 Å². The van der Waals surface area contributed by atoms with Crippen LogP contribution in [0.3, 0.4) is 0 Å². The highest BCUT2D eigenvalue weighted by Crippen LogP contribution is 2.30. The first-order valence-corrected chi connectivity index (χ1v) is 9.60. The van der Waals surface area contributed by atoms with Gasteiger partial charge in [0.15, 0.2) is 0 Å². The highest BCUT2D eigenvalue weighted by molar-refractivity contribution is 6.31. The molecule has 7 nitrogen and oxygen atoms in total. The van der Waals surface area contributed by atoms with E-state index in [-0.39, 0.29) is 28.9 Å². The predicted octanol–water partition coefficient (Wildman–Crippen LogP) is 3.62. The van der Waals surface area contributed by atoms with Crippen molar-refractivity contribution in [1.82, 2.24) is 9.97 Å². The molecule has 2 heterocycles. The van der Waals surface area contributed by atoms with Crippen molar-refractivity contribution in [2.24, 2.45) is 11.6 Å². The smallest absolute Gasteiger partial charge is 0.318 e. The van der Waals surface area contributed by atoms with Crippen LogP contribution in [-0.4, -0.2) is 29.7 Å². The molecule has 3 rings (SSSR count). The van der Waals surface area contributed by atoms with E-state index >= 15 is 0 Å². The van der Waals surface area contributed by atoms with Crippen molar-refractivity contribution in [3.8, 4) is 6.01 Å². The molecule has 29 heavy (non-hydrogen) atoms. The van der Waals surface area contributed by atoms with Gasteiger partial charge in [0.05, 0.1) is 11.4 Å². The Hall–Kier alpha value is -2.65. The number of alkyl halides is 2. The van der Waals surface area contributed by atoms with E-state index in [0.29, 0.717) is 5.69 Å². The van der Waals surface area contributed by atoms with Gasteiger partial charge in [-0.15, -0.1) is 0 Å². The predicted molar refractivity (Wildman–Crippen MR) is 109 cm³/mol. The Morgan fingerprint density at radius 1 is 1.28 bits per heavy atom. The maximum atomic E-state index is 13.0. The van der Waals surface area contributed by atoms with Crippen molar-refractivity contribution >= 4 is 23.1 Å². The summed E-state index contributed by atoms with van der Waals surface area (Å²) in [6, 6.07) is 6.14. The van der Waals surface area contributed by atoms with Crippen molar-refractivity contribution in [2.45, 2.75) is 25.7 Å². The molecular formula is C19H23ClF2N6O. The molecule has 0 amide bonds. The number of rotatable bonds is 7. The summed E-state index contributed by atoms with van der Waals surface area (Å²) >= 11 is 5.77. The molecule has 0 unspecified atom stereocenters. The van der Waals surface area contributed by atoms with Gasteiger partial charge >= 0.3 is 6.01 Å². The first kappa shape index (κ1) is 21.1. The fraction of sp³-hybridized carbons (Fsp3) is 0.368. The number of piperidine rings is 1. The third-order valence-corrected chi connectivity index (χ3v) is 4.83.